The lowest BCUT2D eigenvalue weighted by Crippen LogP contribution is -2.13. The first-order chi connectivity index (χ1) is 24.2. The minimum absolute atomic E-state index is 0.181. The molecule has 6 aromatic carbocycles. The Morgan fingerprint density at radius 3 is 1.61 bits per heavy atom. The van der Waals surface area contributed by atoms with E-state index >= 15 is 0 Å². The summed E-state index contributed by atoms with van der Waals surface area (Å²) < 4.78 is 0. The number of allylic oxidation sites excluding steroid dienone is 4. The van der Waals surface area contributed by atoms with Crippen molar-refractivity contribution in [1.82, 2.24) is 15.0 Å². The van der Waals surface area contributed by atoms with E-state index in [1.54, 1.807) is 0 Å². The van der Waals surface area contributed by atoms with Crippen LogP contribution < -0.4 is 0 Å². The molecule has 49 heavy (non-hydrogen) atoms. The Balaban J connectivity index is 1.18. The van der Waals surface area contributed by atoms with Crippen LogP contribution in [0.25, 0.3) is 61.6 Å². The molecule has 0 fully saturated rings. The summed E-state index contributed by atoms with van der Waals surface area (Å²) in [7, 11) is 0. The van der Waals surface area contributed by atoms with Gasteiger partial charge in [-0.1, -0.05) is 159 Å². The predicted octanol–water partition coefficient (Wildman–Crippen LogP) is 10.9. The van der Waals surface area contributed by atoms with Gasteiger partial charge in [0.15, 0.2) is 17.5 Å². The van der Waals surface area contributed by atoms with E-state index in [1.165, 1.54) is 27.5 Å². The van der Waals surface area contributed by atoms with Crippen LogP contribution in [-0.4, -0.2) is 15.0 Å². The maximum Gasteiger partial charge on any atom is 0.164 e. The topological polar surface area (TPSA) is 62.5 Å². The molecule has 0 amide bonds. The second-order valence-corrected chi connectivity index (χ2v) is 12.4. The normalized spacial score (nSPS) is 15.5. The van der Waals surface area contributed by atoms with Gasteiger partial charge in [-0.3, -0.25) is 0 Å². The van der Waals surface area contributed by atoms with Crippen LogP contribution in [0.15, 0.2) is 164 Å². The number of hydrogen-bond donors (Lipinski definition) is 0. The molecule has 1 heterocycles. The molecule has 0 bridgehead atoms. The van der Waals surface area contributed by atoms with Crippen molar-refractivity contribution in [2.75, 3.05) is 0 Å². The van der Waals surface area contributed by atoms with Crippen LogP contribution in [0.1, 0.15) is 29.5 Å². The zero-order valence-electron chi connectivity index (χ0n) is 27.0. The number of hydrogen-bond acceptors (Lipinski definition) is 4. The summed E-state index contributed by atoms with van der Waals surface area (Å²) in [4.78, 5) is 14.7. The summed E-state index contributed by atoms with van der Waals surface area (Å²) in [5, 5.41) is 11.8. The summed E-state index contributed by atoms with van der Waals surface area (Å²) in [5.74, 6) is 2.43. The number of rotatable bonds is 6. The molecule has 1 aliphatic rings. The van der Waals surface area contributed by atoms with E-state index in [9.17, 15) is 5.26 Å². The van der Waals surface area contributed by atoms with Gasteiger partial charge >= 0.3 is 0 Å². The van der Waals surface area contributed by atoms with Crippen LogP contribution in [0.2, 0.25) is 0 Å². The second-order valence-electron chi connectivity index (χ2n) is 12.4. The van der Waals surface area contributed by atoms with Gasteiger partial charge in [0.1, 0.15) is 0 Å². The van der Waals surface area contributed by atoms with Gasteiger partial charge in [-0.15, -0.1) is 0 Å². The molecule has 0 saturated carbocycles. The maximum absolute atomic E-state index is 9.35. The Labute approximate surface area is 286 Å². The smallest absolute Gasteiger partial charge is 0.164 e. The van der Waals surface area contributed by atoms with E-state index in [1.807, 2.05) is 72.8 Å². The second kappa shape index (κ2) is 13.0. The Bertz CT molecular complexity index is 2330. The highest BCUT2D eigenvalue weighted by Gasteiger charge is 2.27. The minimum Gasteiger partial charge on any atom is -0.208 e. The molecule has 0 aliphatic heterocycles. The molecule has 4 nitrogen and oxygen atoms in total. The number of nitriles is 1. The molecule has 1 aromatic heterocycles. The standard InChI is InChI=1S/C45H32N4/c1-30-11-10-18-38(33-21-19-31(29-46)20-22-33)42(30)41-28-27-37(39-16-8-9-17-40(39)41)32-23-25-36(26-24-32)45-48-43(34-12-4-2-5-13-34)47-44(49-45)35-14-6-3-7-15-35/h2-28,30,42H,1H3. The molecule has 2 atom stereocenters. The first kappa shape index (κ1) is 29.9. The van der Waals surface area contributed by atoms with Crippen molar-refractivity contribution in [3.05, 3.63) is 181 Å². The van der Waals surface area contributed by atoms with Crippen molar-refractivity contribution in [2.24, 2.45) is 5.92 Å². The highest BCUT2D eigenvalue weighted by atomic mass is 15.0. The molecular weight excluding hydrogens is 597 g/mol. The summed E-state index contributed by atoms with van der Waals surface area (Å²) in [6.45, 7) is 2.28. The Hall–Kier alpha value is -6.44. The van der Waals surface area contributed by atoms with Gasteiger partial charge in [0.2, 0.25) is 0 Å². The zero-order valence-corrected chi connectivity index (χ0v) is 27.0. The number of benzene rings is 6. The lowest BCUT2D eigenvalue weighted by molar-refractivity contribution is 0.653. The monoisotopic (exact) mass is 628 g/mol. The molecule has 0 saturated heterocycles. The van der Waals surface area contributed by atoms with Crippen molar-refractivity contribution in [3.63, 3.8) is 0 Å². The van der Waals surface area contributed by atoms with Gasteiger partial charge in [0, 0.05) is 22.6 Å². The molecule has 7 aromatic rings. The maximum atomic E-state index is 9.35. The van der Waals surface area contributed by atoms with E-state index in [0.29, 0.717) is 29.0 Å². The van der Waals surface area contributed by atoms with Gasteiger partial charge in [-0.25, -0.2) is 15.0 Å². The van der Waals surface area contributed by atoms with E-state index in [-0.39, 0.29) is 5.92 Å². The Morgan fingerprint density at radius 2 is 1.02 bits per heavy atom. The largest absolute Gasteiger partial charge is 0.208 e. The zero-order chi connectivity index (χ0) is 33.2. The van der Waals surface area contributed by atoms with Gasteiger partial charge in [-0.05, 0) is 56.6 Å². The summed E-state index contributed by atoms with van der Waals surface area (Å²) in [6, 6.07) is 52.1. The third-order valence-corrected chi connectivity index (χ3v) is 9.34. The molecule has 232 valence electrons. The van der Waals surface area contributed by atoms with Gasteiger partial charge in [0.05, 0.1) is 11.6 Å². The molecule has 0 spiro atoms. The SMILES string of the molecule is CC1C=CC=C(c2ccc(C#N)cc2)C1c1ccc(-c2ccc(-c3nc(-c4ccccc4)nc(-c4ccccc4)n3)cc2)c2ccccc12. The Morgan fingerprint density at radius 1 is 0.510 bits per heavy atom. The lowest BCUT2D eigenvalue weighted by atomic mass is 9.74. The molecule has 4 heteroatoms. The summed E-state index contributed by atoms with van der Waals surface area (Å²) >= 11 is 0. The van der Waals surface area contributed by atoms with Crippen LogP contribution in [0.4, 0.5) is 0 Å². The minimum atomic E-state index is 0.181. The fourth-order valence-electron chi connectivity index (χ4n) is 6.88. The van der Waals surface area contributed by atoms with Crippen molar-refractivity contribution < 1.29 is 0 Å². The van der Waals surface area contributed by atoms with Crippen LogP contribution in [0, 0.1) is 17.2 Å². The predicted molar refractivity (Wildman–Crippen MR) is 199 cm³/mol. The van der Waals surface area contributed by atoms with Crippen LogP contribution in [0.3, 0.4) is 0 Å². The molecule has 1 aliphatic carbocycles. The molecule has 8 rings (SSSR count). The number of fused-ring (bicyclic) bond motifs is 1. The van der Waals surface area contributed by atoms with E-state index in [0.717, 1.165) is 27.8 Å². The fraction of sp³-hybridized carbons (Fsp3) is 0.0667. The molecule has 0 N–H and O–H groups in total. The lowest BCUT2D eigenvalue weighted by Gasteiger charge is -2.29. The first-order valence-corrected chi connectivity index (χ1v) is 16.5. The van der Waals surface area contributed by atoms with Gasteiger partial charge in [0.25, 0.3) is 0 Å². The average Bonchev–Trinajstić information content (AvgIpc) is 3.18. The van der Waals surface area contributed by atoms with Crippen molar-refractivity contribution in [1.29, 1.82) is 5.26 Å². The van der Waals surface area contributed by atoms with E-state index in [4.69, 9.17) is 15.0 Å². The first-order valence-electron chi connectivity index (χ1n) is 16.5. The number of nitrogens with zero attached hydrogens (tertiary/aromatic N) is 4. The van der Waals surface area contributed by atoms with E-state index < -0.39 is 0 Å². The van der Waals surface area contributed by atoms with E-state index in [2.05, 4.69) is 104 Å². The Kier molecular flexibility index (Phi) is 7.93. The third-order valence-electron chi connectivity index (χ3n) is 9.34. The van der Waals surface area contributed by atoms with Crippen LogP contribution >= 0.6 is 0 Å². The molecule has 2 unspecified atom stereocenters. The van der Waals surface area contributed by atoms with Crippen LogP contribution in [0.5, 0.6) is 0 Å². The number of aromatic nitrogens is 3. The fourth-order valence-corrected chi connectivity index (χ4v) is 6.88. The van der Waals surface area contributed by atoms with Crippen molar-refractivity contribution >= 4 is 16.3 Å². The summed E-state index contributed by atoms with van der Waals surface area (Å²) in [5.41, 5.74) is 9.53. The summed E-state index contributed by atoms with van der Waals surface area (Å²) in [6.07, 6.45) is 6.67. The van der Waals surface area contributed by atoms with Crippen molar-refractivity contribution in [2.45, 2.75) is 12.8 Å². The quantitative estimate of drug-likeness (QED) is 0.184. The molecule has 0 radical (unpaired) electrons. The highest BCUT2D eigenvalue weighted by Crippen LogP contribution is 2.45. The van der Waals surface area contributed by atoms with Gasteiger partial charge in [-0.2, -0.15) is 5.26 Å². The molecular formula is C45H32N4. The van der Waals surface area contributed by atoms with Crippen molar-refractivity contribution in [3.8, 4) is 51.4 Å². The highest BCUT2D eigenvalue weighted by molar-refractivity contribution is 6.00. The van der Waals surface area contributed by atoms with Gasteiger partial charge < -0.3 is 0 Å². The van der Waals surface area contributed by atoms with Crippen LogP contribution in [-0.2, 0) is 0 Å². The third kappa shape index (κ3) is 5.84. The average molecular weight is 629 g/mol.